The molecule has 0 saturated heterocycles. The molecule has 76 valence electrons. The minimum Gasteiger partial charge on any atom is -0.474 e. The molecule has 1 aromatic rings. The summed E-state index contributed by atoms with van der Waals surface area (Å²) in [6.07, 6.45) is 1.68. The first-order valence-corrected chi connectivity index (χ1v) is 4.53. The van der Waals surface area contributed by atoms with Crippen LogP contribution in [0.1, 0.15) is 5.69 Å². The first-order valence-electron chi connectivity index (χ1n) is 4.53. The number of ether oxygens (including phenoxy) is 1. The quantitative estimate of drug-likeness (QED) is 0.424. The van der Waals surface area contributed by atoms with Crippen LogP contribution in [0.5, 0.6) is 0 Å². The first kappa shape index (κ1) is 9.48. The van der Waals surface area contributed by atoms with E-state index in [0.29, 0.717) is 24.7 Å². The maximum Gasteiger partial charge on any atom is 0.235 e. The SMILES string of the molecule is [N-]=[N+]=NC[C@H]1COC(c2ccccn2)=N1. The summed E-state index contributed by atoms with van der Waals surface area (Å²) < 4.78 is 5.35. The zero-order valence-corrected chi connectivity index (χ0v) is 7.95. The molecule has 0 saturated carbocycles. The van der Waals surface area contributed by atoms with Crippen molar-refractivity contribution in [3.8, 4) is 0 Å². The lowest BCUT2D eigenvalue weighted by Gasteiger charge is -1.98. The van der Waals surface area contributed by atoms with Crippen LogP contribution in [0.4, 0.5) is 0 Å². The monoisotopic (exact) mass is 203 g/mol. The highest BCUT2D eigenvalue weighted by atomic mass is 16.5. The van der Waals surface area contributed by atoms with Gasteiger partial charge in [0.05, 0.1) is 12.6 Å². The molecule has 0 unspecified atom stereocenters. The molecule has 1 aliphatic rings. The van der Waals surface area contributed by atoms with Crippen molar-refractivity contribution in [1.29, 1.82) is 0 Å². The van der Waals surface area contributed by atoms with Crippen LogP contribution in [0.25, 0.3) is 10.4 Å². The Morgan fingerprint density at radius 3 is 3.27 bits per heavy atom. The van der Waals surface area contributed by atoms with E-state index in [1.807, 2.05) is 18.2 Å². The van der Waals surface area contributed by atoms with Gasteiger partial charge in [-0.25, -0.2) is 4.99 Å². The Hall–Kier alpha value is -2.07. The molecule has 0 fully saturated rings. The van der Waals surface area contributed by atoms with E-state index >= 15 is 0 Å². The van der Waals surface area contributed by atoms with Crippen LogP contribution < -0.4 is 0 Å². The summed E-state index contributed by atoms with van der Waals surface area (Å²) in [5.74, 6) is 0.522. The standard InChI is InChI=1S/C9H9N5O/c10-14-12-5-7-6-15-9(13-7)8-3-1-2-4-11-8/h1-4,7H,5-6H2/t7-/m0/s1. The Balaban J connectivity index is 2.09. The number of azide groups is 1. The van der Waals surface area contributed by atoms with E-state index in [9.17, 15) is 0 Å². The van der Waals surface area contributed by atoms with Gasteiger partial charge < -0.3 is 4.74 Å². The lowest BCUT2D eigenvalue weighted by molar-refractivity contribution is 0.319. The maximum absolute atomic E-state index is 8.17. The number of pyridine rings is 1. The van der Waals surface area contributed by atoms with Crippen LogP contribution in [-0.2, 0) is 4.74 Å². The van der Waals surface area contributed by atoms with Gasteiger partial charge in [0, 0.05) is 11.1 Å². The smallest absolute Gasteiger partial charge is 0.235 e. The van der Waals surface area contributed by atoms with Gasteiger partial charge in [0.2, 0.25) is 5.90 Å². The van der Waals surface area contributed by atoms with E-state index in [0.717, 1.165) is 0 Å². The summed E-state index contributed by atoms with van der Waals surface area (Å²) in [4.78, 5) is 11.1. The largest absolute Gasteiger partial charge is 0.474 e. The Bertz CT molecular complexity index is 410. The van der Waals surface area contributed by atoms with Crippen LogP contribution in [-0.4, -0.2) is 30.1 Å². The summed E-state index contributed by atoms with van der Waals surface area (Å²) in [7, 11) is 0. The van der Waals surface area contributed by atoms with Crippen LogP contribution in [0.15, 0.2) is 34.5 Å². The molecule has 2 heterocycles. The molecule has 0 radical (unpaired) electrons. The Morgan fingerprint density at radius 1 is 1.60 bits per heavy atom. The van der Waals surface area contributed by atoms with Gasteiger partial charge >= 0.3 is 0 Å². The van der Waals surface area contributed by atoms with Gasteiger partial charge in [0.25, 0.3) is 0 Å². The highest BCUT2D eigenvalue weighted by Crippen LogP contribution is 2.10. The molecule has 2 rings (SSSR count). The Morgan fingerprint density at radius 2 is 2.53 bits per heavy atom. The molecule has 0 aliphatic carbocycles. The van der Waals surface area contributed by atoms with Crippen LogP contribution in [0.3, 0.4) is 0 Å². The predicted molar refractivity (Wildman–Crippen MR) is 54.5 cm³/mol. The van der Waals surface area contributed by atoms with E-state index in [1.54, 1.807) is 6.20 Å². The summed E-state index contributed by atoms with van der Waals surface area (Å²) in [6, 6.07) is 5.44. The van der Waals surface area contributed by atoms with Gasteiger partial charge in [-0.1, -0.05) is 11.2 Å². The van der Waals surface area contributed by atoms with Gasteiger partial charge in [-0.3, -0.25) is 4.98 Å². The summed E-state index contributed by atoms with van der Waals surface area (Å²) in [5.41, 5.74) is 8.88. The number of aliphatic imine (C=N–C) groups is 1. The van der Waals surface area contributed by atoms with E-state index in [1.165, 1.54) is 0 Å². The van der Waals surface area contributed by atoms with Gasteiger partial charge in [-0.2, -0.15) is 0 Å². The minimum absolute atomic E-state index is 0.0853. The van der Waals surface area contributed by atoms with Crippen molar-refractivity contribution in [2.24, 2.45) is 10.1 Å². The average molecular weight is 203 g/mol. The van der Waals surface area contributed by atoms with Crippen LogP contribution in [0, 0.1) is 0 Å². The fourth-order valence-corrected chi connectivity index (χ4v) is 1.27. The van der Waals surface area contributed by atoms with Crippen molar-refractivity contribution in [2.75, 3.05) is 13.2 Å². The minimum atomic E-state index is -0.0853. The molecule has 0 N–H and O–H groups in total. The van der Waals surface area contributed by atoms with Crippen LogP contribution >= 0.6 is 0 Å². The Labute approximate surface area is 86.2 Å². The second-order valence-electron chi connectivity index (χ2n) is 3.03. The third-order valence-electron chi connectivity index (χ3n) is 1.95. The summed E-state index contributed by atoms with van der Waals surface area (Å²) in [5, 5.41) is 3.45. The van der Waals surface area contributed by atoms with Crippen molar-refractivity contribution >= 4 is 5.90 Å². The molecular weight excluding hydrogens is 194 g/mol. The molecule has 1 aliphatic heterocycles. The van der Waals surface area contributed by atoms with Crippen molar-refractivity contribution in [1.82, 2.24) is 4.98 Å². The van der Waals surface area contributed by atoms with Gasteiger partial charge in [-0.15, -0.1) is 0 Å². The lowest BCUT2D eigenvalue weighted by Crippen LogP contribution is -2.09. The van der Waals surface area contributed by atoms with Gasteiger partial charge in [0.15, 0.2) is 0 Å². The molecular formula is C9H9N5O. The second-order valence-corrected chi connectivity index (χ2v) is 3.03. The zero-order valence-electron chi connectivity index (χ0n) is 7.95. The molecule has 1 aromatic heterocycles. The molecule has 1 atom stereocenters. The molecule has 15 heavy (non-hydrogen) atoms. The maximum atomic E-state index is 8.17. The number of nitrogens with zero attached hydrogens (tertiary/aromatic N) is 5. The van der Waals surface area contributed by atoms with Gasteiger partial charge in [-0.05, 0) is 17.7 Å². The molecule has 0 spiro atoms. The fourth-order valence-electron chi connectivity index (χ4n) is 1.27. The topological polar surface area (TPSA) is 83.2 Å². The fraction of sp³-hybridized carbons (Fsp3) is 0.333. The van der Waals surface area contributed by atoms with Crippen molar-refractivity contribution in [3.63, 3.8) is 0 Å². The molecule has 6 heteroatoms. The highest BCUT2D eigenvalue weighted by Gasteiger charge is 2.19. The van der Waals surface area contributed by atoms with E-state index < -0.39 is 0 Å². The lowest BCUT2D eigenvalue weighted by atomic mass is 10.3. The van der Waals surface area contributed by atoms with E-state index in [-0.39, 0.29) is 6.04 Å². The van der Waals surface area contributed by atoms with Crippen molar-refractivity contribution < 1.29 is 4.74 Å². The summed E-state index contributed by atoms with van der Waals surface area (Å²) in [6.45, 7) is 0.776. The number of aromatic nitrogens is 1. The van der Waals surface area contributed by atoms with Gasteiger partial charge in [0.1, 0.15) is 12.3 Å². The number of rotatable bonds is 3. The Kier molecular flexibility index (Phi) is 2.80. The molecule has 0 amide bonds. The number of hydrogen-bond acceptors (Lipinski definition) is 4. The van der Waals surface area contributed by atoms with Crippen molar-refractivity contribution in [3.05, 3.63) is 40.5 Å². The predicted octanol–water partition coefficient (Wildman–Crippen LogP) is 1.54. The molecule has 0 aromatic carbocycles. The van der Waals surface area contributed by atoms with E-state index in [2.05, 4.69) is 20.0 Å². The molecule has 0 bridgehead atoms. The normalized spacial score (nSPS) is 18.9. The highest BCUT2D eigenvalue weighted by molar-refractivity contribution is 5.93. The average Bonchev–Trinajstić information content (AvgIpc) is 2.76. The first-order chi connectivity index (χ1) is 7.40. The molecule has 6 nitrogen and oxygen atoms in total. The number of hydrogen-bond donors (Lipinski definition) is 0. The zero-order chi connectivity index (χ0) is 10.5. The second kappa shape index (κ2) is 4.43. The summed E-state index contributed by atoms with van der Waals surface area (Å²) >= 11 is 0. The third kappa shape index (κ3) is 2.24. The third-order valence-corrected chi connectivity index (χ3v) is 1.95. The van der Waals surface area contributed by atoms with E-state index in [4.69, 9.17) is 10.3 Å². The van der Waals surface area contributed by atoms with Crippen LogP contribution in [0.2, 0.25) is 0 Å². The van der Waals surface area contributed by atoms with Crippen molar-refractivity contribution in [2.45, 2.75) is 6.04 Å².